The molecule has 36 heavy (non-hydrogen) atoms. The number of rotatable bonds is 3. The summed E-state index contributed by atoms with van der Waals surface area (Å²) in [5, 5.41) is 0. The fourth-order valence-corrected chi connectivity index (χ4v) is 4.12. The van der Waals surface area contributed by atoms with Gasteiger partial charge in [-0.1, -0.05) is 54.6 Å². The largest absolute Gasteiger partial charge is 0.433 e. The van der Waals surface area contributed by atoms with Crippen LogP contribution in [0.15, 0.2) is 78.9 Å². The van der Waals surface area contributed by atoms with Gasteiger partial charge < -0.3 is 4.90 Å². The van der Waals surface area contributed by atoms with Gasteiger partial charge in [0.15, 0.2) is 5.82 Å². The Morgan fingerprint density at radius 2 is 1.42 bits per heavy atom. The van der Waals surface area contributed by atoms with Gasteiger partial charge in [-0.15, -0.1) is 0 Å². The van der Waals surface area contributed by atoms with Crippen LogP contribution in [0.4, 0.5) is 26.3 Å². The van der Waals surface area contributed by atoms with E-state index >= 15 is 0 Å². The van der Waals surface area contributed by atoms with E-state index in [1.807, 2.05) is 62.1 Å². The first kappa shape index (κ1) is 25.5. The predicted molar refractivity (Wildman–Crippen MR) is 125 cm³/mol. The van der Waals surface area contributed by atoms with Gasteiger partial charge in [0.05, 0.1) is 23.0 Å². The molecule has 0 radical (unpaired) electrons. The normalized spacial score (nSPS) is 16.8. The number of aromatic nitrogens is 2. The van der Waals surface area contributed by atoms with Crippen LogP contribution in [0.3, 0.4) is 0 Å². The lowest BCUT2D eigenvalue weighted by Gasteiger charge is -2.45. The van der Waals surface area contributed by atoms with Crippen LogP contribution in [-0.2, 0) is 12.4 Å². The fraction of sp³-hybridized carbons (Fsp3) is 0.259. The van der Waals surface area contributed by atoms with Crippen LogP contribution < -0.4 is 0 Å². The van der Waals surface area contributed by atoms with E-state index in [-0.39, 0.29) is 23.1 Å². The van der Waals surface area contributed by atoms with Crippen LogP contribution in [-0.4, -0.2) is 20.4 Å². The lowest BCUT2D eigenvalue weighted by atomic mass is 9.93. The lowest BCUT2D eigenvalue weighted by molar-refractivity contribution is -0.141. The zero-order chi connectivity index (χ0) is 26.3. The molecular weight excluding hydrogens is 480 g/mol. The highest BCUT2D eigenvalue weighted by Gasteiger charge is 2.37. The van der Waals surface area contributed by atoms with Gasteiger partial charge in [-0.2, -0.15) is 26.3 Å². The van der Waals surface area contributed by atoms with E-state index in [1.54, 1.807) is 12.2 Å². The van der Waals surface area contributed by atoms with Crippen molar-refractivity contribution in [1.82, 2.24) is 14.9 Å². The van der Waals surface area contributed by atoms with Gasteiger partial charge in [0, 0.05) is 11.1 Å². The third-order valence-electron chi connectivity index (χ3n) is 5.70. The molecule has 0 amide bonds. The molecule has 1 aromatic heterocycles. The van der Waals surface area contributed by atoms with Crippen LogP contribution in [0, 0.1) is 0 Å². The Kier molecular flexibility index (Phi) is 6.45. The fourth-order valence-electron chi connectivity index (χ4n) is 4.12. The van der Waals surface area contributed by atoms with Crippen molar-refractivity contribution < 1.29 is 26.3 Å². The summed E-state index contributed by atoms with van der Waals surface area (Å²) in [6.45, 7) is 5.79. The van der Waals surface area contributed by atoms with Crippen LogP contribution in [0.5, 0.6) is 0 Å². The highest BCUT2D eigenvalue weighted by atomic mass is 19.4. The van der Waals surface area contributed by atoms with Gasteiger partial charge in [0.25, 0.3) is 0 Å². The average molecular weight is 503 g/mol. The molecule has 0 spiro atoms. The number of nitrogens with zero attached hydrogens (tertiary/aromatic N) is 3. The summed E-state index contributed by atoms with van der Waals surface area (Å²) >= 11 is 0. The van der Waals surface area contributed by atoms with Crippen molar-refractivity contribution in [2.24, 2.45) is 0 Å². The monoisotopic (exact) mass is 503 g/mol. The van der Waals surface area contributed by atoms with Crippen molar-refractivity contribution >= 4 is 5.70 Å². The van der Waals surface area contributed by atoms with Gasteiger partial charge in [-0.3, -0.25) is 0 Å². The second-order valence-electron chi connectivity index (χ2n) is 9.37. The maximum Gasteiger partial charge on any atom is 0.433 e. The number of alkyl halides is 6. The van der Waals surface area contributed by atoms with E-state index in [9.17, 15) is 26.3 Å². The third kappa shape index (κ3) is 5.29. The number of hydrogen-bond donors (Lipinski definition) is 0. The van der Waals surface area contributed by atoms with Gasteiger partial charge in [0.2, 0.25) is 0 Å². The second-order valence-corrected chi connectivity index (χ2v) is 9.37. The first-order valence-corrected chi connectivity index (χ1v) is 11.1. The molecule has 2 heterocycles. The number of halogens is 6. The molecule has 0 saturated heterocycles. The minimum atomic E-state index is -4.78. The molecule has 2 aromatic carbocycles. The molecule has 0 saturated carbocycles. The van der Waals surface area contributed by atoms with Crippen molar-refractivity contribution in [2.45, 2.75) is 44.7 Å². The lowest BCUT2D eigenvalue weighted by Crippen LogP contribution is -2.43. The maximum atomic E-state index is 13.8. The SMILES string of the molecule is CC(C)(C)N1C(c2nc(-c3ccc(C(F)(F)F)cc3)cc(C(F)(F)F)n2)=CC=CC1c1ccccc1. The third-order valence-corrected chi connectivity index (χ3v) is 5.70. The Morgan fingerprint density at radius 1 is 0.778 bits per heavy atom. The topological polar surface area (TPSA) is 29.0 Å². The average Bonchev–Trinajstić information content (AvgIpc) is 2.82. The molecule has 0 bridgehead atoms. The molecule has 9 heteroatoms. The number of hydrogen-bond acceptors (Lipinski definition) is 3. The quantitative estimate of drug-likeness (QED) is 0.340. The van der Waals surface area contributed by atoms with E-state index in [0.29, 0.717) is 5.70 Å². The van der Waals surface area contributed by atoms with E-state index < -0.39 is 29.1 Å². The molecule has 4 rings (SSSR count). The number of allylic oxidation sites excluding steroid dienone is 2. The van der Waals surface area contributed by atoms with E-state index in [4.69, 9.17) is 0 Å². The van der Waals surface area contributed by atoms with E-state index in [0.717, 1.165) is 35.9 Å². The summed E-state index contributed by atoms with van der Waals surface area (Å²) in [6.07, 6.45) is -4.01. The van der Waals surface area contributed by atoms with Crippen molar-refractivity contribution in [3.05, 3.63) is 102 Å². The maximum absolute atomic E-state index is 13.8. The van der Waals surface area contributed by atoms with E-state index in [2.05, 4.69) is 9.97 Å². The Bertz CT molecular complexity index is 1280. The molecule has 1 aliphatic rings. The van der Waals surface area contributed by atoms with Crippen LogP contribution >= 0.6 is 0 Å². The molecule has 3 nitrogen and oxygen atoms in total. The van der Waals surface area contributed by atoms with Crippen molar-refractivity contribution in [3.63, 3.8) is 0 Å². The van der Waals surface area contributed by atoms with Crippen molar-refractivity contribution in [2.75, 3.05) is 0 Å². The molecule has 0 fully saturated rings. The van der Waals surface area contributed by atoms with Crippen LogP contribution in [0.25, 0.3) is 17.0 Å². The second kappa shape index (κ2) is 9.11. The highest BCUT2D eigenvalue weighted by Crippen LogP contribution is 2.40. The molecular formula is C27H23F6N3. The summed E-state index contributed by atoms with van der Waals surface area (Å²) in [6, 6.07) is 13.8. The molecule has 1 atom stereocenters. The molecule has 188 valence electrons. The van der Waals surface area contributed by atoms with Crippen LogP contribution in [0.2, 0.25) is 0 Å². The first-order valence-electron chi connectivity index (χ1n) is 11.1. The zero-order valence-electron chi connectivity index (χ0n) is 19.7. The van der Waals surface area contributed by atoms with Crippen molar-refractivity contribution in [3.8, 4) is 11.3 Å². The number of benzene rings is 2. The molecule has 0 aliphatic carbocycles. The standard InChI is InChI=1S/C27H23F6N3/c1-25(2,3)36-21(18-8-5-4-6-9-18)10-7-11-22(36)24-34-20(16-23(35-24)27(31,32)33)17-12-14-19(15-13-17)26(28,29)30/h4-16,21H,1-3H3. The molecule has 3 aromatic rings. The Morgan fingerprint density at radius 3 is 1.97 bits per heavy atom. The van der Waals surface area contributed by atoms with Gasteiger partial charge in [-0.25, -0.2) is 9.97 Å². The predicted octanol–water partition coefficient (Wildman–Crippen LogP) is 7.93. The Balaban J connectivity index is 1.86. The first-order chi connectivity index (χ1) is 16.7. The Labute approximate surface area is 204 Å². The van der Waals surface area contributed by atoms with Crippen molar-refractivity contribution in [1.29, 1.82) is 0 Å². The Hall–Kier alpha value is -3.62. The molecule has 1 unspecified atom stereocenters. The minimum absolute atomic E-state index is 0.117. The van der Waals surface area contributed by atoms with E-state index in [1.165, 1.54) is 0 Å². The summed E-state index contributed by atoms with van der Waals surface area (Å²) < 4.78 is 80.5. The van der Waals surface area contributed by atoms with Crippen LogP contribution in [0.1, 0.15) is 49.5 Å². The minimum Gasteiger partial charge on any atom is -0.353 e. The summed E-state index contributed by atoms with van der Waals surface area (Å²) in [5.41, 5.74) is -1.32. The summed E-state index contributed by atoms with van der Waals surface area (Å²) in [7, 11) is 0. The van der Waals surface area contributed by atoms with Gasteiger partial charge >= 0.3 is 12.4 Å². The van der Waals surface area contributed by atoms with Gasteiger partial charge in [-0.05, 0) is 50.6 Å². The highest BCUT2D eigenvalue weighted by molar-refractivity contribution is 5.68. The molecule has 1 aliphatic heterocycles. The summed E-state index contributed by atoms with van der Waals surface area (Å²) in [5.74, 6) is -0.167. The van der Waals surface area contributed by atoms with Gasteiger partial charge in [0.1, 0.15) is 5.69 Å². The zero-order valence-corrected chi connectivity index (χ0v) is 19.7. The smallest absolute Gasteiger partial charge is 0.353 e. The summed E-state index contributed by atoms with van der Waals surface area (Å²) in [4.78, 5) is 10.2. The molecule has 0 N–H and O–H groups in total.